The molecule has 0 spiro atoms. The van der Waals surface area contributed by atoms with Gasteiger partial charge in [-0.2, -0.15) is 0 Å². The van der Waals surface area contributed by atoms with Crippen molar-refractivity contribution in [3.8, 4) is 5.75 Å². The van der Waals surface area contributed by atoms with E-state index in [0.717, 1.165) is 41.5 Å². The van der Waals surface area contributed by atoms with Crippen LogP contribution in [0.25, 0.3) is 10.2 Å². The summed E-state index contributed by atoms with van der Waals surface area (Å²) in [6, 6.07) is 9.87. The Morgan fingerprint density at radius 1 is 1.28 bits per heavy atom. The minimum absolute atomic E-state index is 0.217. The van der Waals surface area contributed by atoms with E-state index in [-0.39, 0.29) is 11.7 Å². The number of thiazole rings is 1. The lowest BCUT2D eigenvalue weighted by Gasteiger charge is -2.27. The average molecular weight is 412 g/mol. The molecule has 0 aliphatic carbocycles. The molecule has 2 aliphatic heterocycles. The number of anilines is 1. The zero-order valence-electron chi connectivity index (χ0n) is 15.8. The number of amides is 1. The van der Waals surface area contributed by atoms with Crippen LogP contribution in [0, 0.1) is 5.82 Å². The van der Waals surface area contributed by atoms with Crippen LogP contribution in [0.5, 0.6) is 5.75 Å². The van der Waals surface area contributed by atoms with Gasteiger partial charge in [0, 0.05) is 38.2 Å². The van der Waals surface area contributed by atoms with E-state index in [1.807, 2.05) is 12.1 Å². The van der Waals surface area contributed by atoms with Gasteiger partial charge < -0.3 is 20.3 Å². The molecule has 1 atom stereocenters. The Morgan fingerprint density at radius 3 is 3.00 bits per heavy atom. The zero-order valence-corrected chi connectivity index (χ0v) is 16.6. The van der Waals surface area contributed by atoms with Crippen molar-refractivity contribution >= 4 is 32.6 Å². The monoisotopic (exact) mass is 412 g/mol. The van der Waals surface area contributed by atoms with E-state index in [2.05, 4.69) is 15.5 Å². The molecule has 1 unspecified atom stereocenters. The normalized spacial score (nSPS) is 18.9. The summed E-state index contributed by atoms with van der Waals surface area (Å²) in [6.07, 6.45) is 0.537. The topological polar surface area (TPSA) is 66.5 Å². The Kier molecular flexibility index (Phi) is 4.81. The van der Waals surface area contributed by atoms with Gasteiger partial charge in [0.25, 0.3) is 5.91 Å². The molecule has 0 bridgehead atoms. The first-order valence-electron chi connectivity index (χ1n) is 9.77. The molecule has 8 heteroatoms. The summed E-state index contributed by atoms with van der Waals surface area (Å²) in [5.74, 6) is -0.0729. The molecule has 1 saturated heterocycles. The van der Waals surface area contributed by atoms with Crippen molar-refractivity contribution in [2.24, 2.45) is 0 Å². The number of nitrogens with one attached hydrogen (secondary N) is 2. The largest absolute Gasteiger partial charge is 0.493 e. The van der Waals surface area contributed by atoms with E-state index < -0.39 is 6.04 Å². The van der Waals surface area contributed by atoms with Crippen molar-refractivity contribution < 1.29 is 13.9 Å². The van der Waals surface area contributed by atoms with Crippen molar-refractivity contribution in [2.75, 3.05) is 37.7 Å². The second-order valence-corrected chi connectivity index (χ2v) is 8.24. The van der Waals surface area contributed by atoms with E-state index in [1.165, 1.54) is 6.07 Å². The molecule has 3 aromatic rings. The first-order valence-corrected chi connectivity index (χ1v) is 10.6. The van der Waals surface area contributed by atoms with Crippen molar-refractivity contribution in [1.29, 1.82) is 0 Å². The number of rotatable bonds is 3. The van der Waals surface area contributed by atoms with Gasteiger partial charge in [0.2, 0.25) is 0 Å². The molecule has 3 heterocycles. The maximum Gasteiger partial charge on any atom is 0.251 e. The molecule has 2 N–H and O–H groups in total. The second kappa shape index (κ2) is 7.61. The number of carbonyl (C=O) groups excluding carboxylic acids is 1. The lowest BCUT2D eigenvalue weighted by atomic mass is 9.99. The standard InChI is InChI=1S/C21H21FN4O2S/c22-14-2-1-3-17-19(14)16(6-11-28-17)24-20(27)13-4-5-15-18(12-13)29-21(25-15)26-9-7-23-8-10-26/h1-5,12,16,23H,6-11H2,(H,24,27). The van der Waals surface area contributed by atoms with Crippen LogP contribution in [0.15, 0.2) is 36.4 Å². The highest BCUT2D eigenvalue weighted by molar-refractivity contribution is 7.22. The number of nitrogens with zero attached hydrogens (tertiary/aromatic N) is 2. The van der Waals surface area contributed by atoms with E-state index in [1.54, 1.807) is 29.5 Å². The molecule has 29 heavy (non-hydrogen) atoms. The van der Waals surface area contributed by atoms with Crippen molar-refractivity contribution in [1.82, 2.24) is 15.6 Å². The number of benzene rings is 2. The average Bonchev–Trinajstić information content (AvgIpc) is 3.18. The Labute approximate surface area is 171 Å². The van der Waals surface area contributed by atoms with Crippen LogP contribution >= 0.6 is 11.3 Å². The fourth-order valence-corrected chi connectivity index (χ4v) is 4.90. The van der Waals surface area contributed by atoms with Gasteiger partial charge >= 0.3 is 0 Å². The van der Waals surface area contributed by atoms with Gasteiger partial charge in [-0.05, 0) is 30.3 Å². The number of hydrogen-bond acceptors (Lipinski definition) is 6. The fourth-order valence-electron chi connectivity index (χ4n) is 3.84. The Bertz CT molecular complexity index is 1060. The number of ether oxygens (including phenoxy) is 1. The van der Waals surface area contributed by atoms with Crippen LogP contribution in [0.3, 0.4) is 0 Å². The predicted octanol–water partition coefficient (Wildman–Crippen LogP) is 3.10. The van der Waals surface area contributed by atoms with Crippen molar-refractivity contribution in [2.45, 2.75) is 12.5 Å². The summed E-state index contributed by atoms with van der Waals surface area (Å²) in [4.78, 5) is 19.9. The lowest BCUT2D eigenvalue weighted by molar-refractivity contribution is 0.0923. The smallest absolute Gasteiger partial charge is 0.251 e. The number of aromatic nitrogens is 1. The molecule has 1 aromatic heterocycles. The maximum absolute atomic E-state index is 14.3. The third-order valence-electron chi connectivity index (χ3n) is 5.36. The SMILES string of the molecule is O=C(NC1CCOc2cccc(F)c21)c1ccc2nc(N3CCNCC3)sc2c1. The summed E-state index contributed by atoms with van der Waals surface area (Å²) in [7, 11) is 0. The van der Waals surface area contributed by atoms with E-state index >= 15 is 0 Å². The highest BCUT2D eigenvalue weighted by Gasteiger charge is 2.27. The van der Waals surface area contributed by atoms with Gasteiger partial charge in [0.1, 0.15) is 11.6 Å². The molecular weight excluding hydrogens is 391 g/mol. The molecule has 2 aromatic carbocycles. The van der Waals surface area contributed by atoms with Crippen LogP contribution in [0.1, 0.15) is 28.4 Å². The molecule has 1 fully saturated rings. The molecule has 5 rings (SSSR count). The number of hydrogen-bond donors (Lipinski definition) is 2. The Balaban J connectivity index is 1.38. The molecule has 150 valence electrons. The quantitative estimate of drug-likeness (QED) is 0.692. The first kappa shape index (κ1) is 18.3. The number of fused-ring (bicyclic) bond motifs is 2. The summed E-state index contributed by atoms with van der Waals surface area (Å²) in [6.45, 7) is 4.21. The molecular formula is C21H21FN4O2S. The first-order chi connectivity index (χ1) is 14.2. The lowest BCUT2D eigenvalue weighted by Crippen LogP contribution is -2.43. The van der Waals surface area contributed by atoms with Gasteiger partial charge in [-0.15, -0.1) is 0 Å². The minimum Gasteiger partial charge on any atom is -0.493 e. The van der Waals surface area contributed by atoms with E-state index in [0.29, 0.717) is 29.9 Å². The zero-order chi connectivity index (χ0) is 19.8. The molecule has 1 amide bonds. The van der Waals surface area contributed by atoms with E-state index in [9.17, 15) is 9.18 Å². The molecule has 0 radical (unpaired) electrons. The molecule has 0 saturated carbocycles. The van der Waals surface area contributed by atoms with Gasteiger partial charge in [-0.1, -0.05) is 17.4 Å². The summed E-state index contributed by atoms with van der Waals surface area (Å²) < 4.78 is 20.8. The fraction of sp³-hybridized carbons (Fsp3) is 0.333. The predicted molar refractivity (Wildman–Crippen MR) is 111 cm³/mol. The second-order valence-electron chi connectivity index (χ2n) is 7.23. The van der Waals surface area contributed by atoms with Crippen LogP contribution in [0.2, 0.25) is 0 Å². The van der Waals surface area contributed by atoms with Gasteiger partial charge in [-0.3, -0.25) is 4.79 Å². The number of carbonyl (C=O) groups is 1. The summed E-state index contributed by atoms with van der Waals surface area (Å²) >= 11 is 1.60. The third kappa shape index (κ3) is 3.54. The molecule has 2 aliphatic rings. The number of piperazine rings is 1. The Morgan fingerprint density at radius 2 is 2.14 bits per heavy atom. The highest BCUT2D eigenvalue weighted by Crippen LogP contribution is 2.34. The highest BCUT2D eigenvalue weighted by atomic mass is 32.1. The van der Waals surface area contributed by atoms with Crippen LogP contribution in [-0.4, -0.2) is 43.7 Å². The van der Waals surface area contributed by atoms with Crippen LogP contribution < -0.4 is 20.3 Å². The van der Waals surface area contributed by atoms with Crippen molar-refractivity contribution in [3.05, 3.63) is 53.3 Å². The van der Waals surface area contributed by atoms with Crippen LogP contribution in [-0.2, 0) is 0 Å². The van der Waals surface area contributed by atoms with Gasteiger partial charge in [0.15, 0.2) is 5.13 Å². The Hall–Kier alpha value is -2.71. The minimum atomic E-state index is -0.402. The van der Waals surface area contributed by atoms with Gasteiger partial charge in [-0.25, -0.2) is 9.37 Å². The molecule has 6 nitrogen and oxygen atoms in total. The maximum atomic E-state index is 14.3. The third-order valence-corrected chi connectivity index (χ3v) is 6.44. The van der Waals surface area contributed by atoms with Crippen molar-refractivity contribution in [3.63, 3.8) is 0 Å². The summed E-state index contributed by atoms with van der Waals surface area (Å²) in [5, 5.41) is 7.30. The van der Waals surface area contributed by atoms with E-state index in [4.69, 9.17) is 9.72 Å². The van der Waals surface area contributed by atoms with Gasteiger partial charge in [0.05, 0.1) is 28.4 Å². The summed E-state index contributed by atoms with van der Waals surface area (Å²) in [5.41, 5.74) is 1.87. The number of halogens is 1. The van der Waals surface area contributed by atoms with Crippen LogP contribution in [0.4, 0.5) is 9.52 Å².